The standard InChI is InChI=1S/C28H31N3O3/c32-27(29-25-16-17-31(20-25)19-23-12-6-2-7-13-23)26(18-22-10-4-1-5-11-22)30-28(33)34-21-24-14-8-3-9-15-24/h1-15,25-26H,16-21H2,(H,29,32)(H,30,33)/t25-,26+/m1/s1. The van der Waals surface area contributed by atoms with Crippen molar-refractivity contribution < 1.29 is 14.3 Å². The van der Waals surface area contributed by atoms with Gasteiger partial charge in [-0.05, 0) is 23.1 Å². The van der Waals surface area contributed by atoms with E-state index in [0.29, 0.717) is 6.42 Å². The van der Waals surface area contributed by atoms with Gasteiger partial charge in [-0.25, -0.2) is 4.79 Å². The molecule has 0 unspecified atom stereocenters. The molecule has 0 aromatic heterocycles. The summed E-state index contributed by atoms with van der Waals surface area (Å²) in [6.45, 7) is 2.74. The van der Waals surface area contributed by atoms with Crippen molar-refractivity contribution in [2.45, 2.75) is 38.1 Å². The zero-order valence-electron chi connectivity index (χ0n) is 19.2. The van der Waals surface area contributed by atoms with E-state index in [-0.39, 0.29) is 18.6 Å². The van der Waals surface area contributed by atoms with Crippen molar-refractivity contribution in [1.29, 1.82) is 0 Å². The van der Waals surface area contributed by atoms with Gasteiger partial charge >= 0.3 is 6.09 Å². The molecule has 0 aliphatic carbocycles. The lowest BCUT2D eigenvalue weighted by molar-refractivity contribution is -0.123. The lowest BCUT2D eigenvalue weighted by atomic mass is 10.0. The highest BCUT2D eigenvalue weighted by molar-refractivity contribution is 5.86. The van der Waals surface area contributed by atoms with Crippen molar-refractivity contribution in [2.75, 3.05) is 13.1 Å². The molecule has 1 heterocycles. The average molecular weight is 458 g/mol. The Bertz CT molecular complexity index is 1040. The molecule has 3 aromatic carbocycles. The summed E-state index contributed by atoms with van der Waals surface area (Å²) in [6, 6.07) is 28.8. The molecule has 6 heteroatoms. The minimum atomic E-state index is -0.714. The molecule has 2 amide bonds. The number of hydrogen-bond donors (Lipinski definition) is 2. The van der Waals surface area contributed by atoms with Gasteiger partial charge in [0, 0.05) is 32.1 Å². The van der Waals surface area contributed by atoms with Gasteiger partial charge < -0.3 is 15.4 Å². The molecule has 0 bridgehead atoms. The molecule has 0 spiro atoms. The molecule has 176 valence electrons. The van der Waals surface area contributed by atoms with Crippen LogP contribution in [0.4, 0.5) is 4.79 Å². The fourth-order valence-corrected chi connectivity index (χ4v) is 4.20. The van der Waals surface area contributed by atoms with E-state index in [2.05, 4.69) is 27.7 Å². The second kappa shape index (κ2) is 12.0. The molecule has 1 fully saturated rings. The maximum absolute atomic E-state index is 13.2. The molecule has 2 N–H and O–H groups in total. The zero-order chi connectivity index (χ0) is 23.6. The Morgan fingerprint density at radius 3 is 2.09 bits per heavy atom. The highest BCUT2D eigenvalue weighted by Gasteiger charge is 2.28. The molecule has 34 heavy (non-hydrogen) atoms. The van der Waals surface area contributed by atoms with Crippen LogP contribution in [0.5, 0.6) is 0 Å². The molecule has 2 atom stereocenters. The first kappa shape index (κ1) is 23.5. The van der Waals surface area contributed by atoms with Crippen LogP contribution in [0.25, 0.3) is 0 Å². The summed E-state index contributed by atoms with van der Waals surface area (Å²) in [7, 11) is 0. The van der Waals surface area contributed by atoms with Crippen LogP contribution in [-0.4, -0.2) is 42.1 Å². The quantitative estimate of drug-likeness (QED) is 0.511. The average Bonchev–Trinajstić information content (AvgIpc) is 3.30. The number of rotatable bonds is 9. The largest absolute Gasteiger partial charge is 0.445 e. The number of nitrogens with zero attached hydrogens (tertiary/aromatic N) is 1. The van der Waals surface area contributed by atoms with Gasteiger partial charge in [-0.1, -0.05) is 91.0 Å². The highest BCUT2D eigenvalue weighted by atomic mass is 16.5. The summed E-state index contributed by atoms with van der Waals surface area (Å²) < 4.78 is 5.36. The van der Waals surface area contributed by atoms with E-state index < -0.39 is 12.1 Å². The SMILES string of the molecule is O=C(N[C@@H](Cc1ccccc1)C(=O)N[C@@H]1CCN(Cc2ccccc2)C1)OCc1ccccc1. The van der Waals surface area contributed by atoms with Crippen LogP contribution in [0.3, 0.4) is 0 Å². The Hall–Kier alpha value is -3.64. The molecule has 1 saturated heterocycles. The second-order valence-electron chi connectivity index (χ2n) is 8.66. The predicted octanol–water partition coefficient (Wildman–Crippen LogP) is 3.91. The van der Waals surface area contributed by atoms with Crippen LogP contribution in [0.15, 0.2) is 91.0 Å². The predicted molar refractivity (Wildman–Crippen MR) is 132 cm³/mol. The smallest absolute Gasteiger partial charge is 0.408 e. The molecule has 0 radical (unpaired) electrons. The molecular weight excluding hydrogens is 426 g/mol. The number of carbonyl (C=O) groups is 2. The number of nitrogens with one attached hydrogen (secondary N) is 2. The molecule has 1 aliphatic rings. The van der Waals surface area contributed by atoms with Crippen molar-refractivity contribution in [3.05, 3.63) is 108 Å². The first-order chi connectivity index (χ1) is 16.7. The minimum Gasteiger partial charge on any atom is -0.445 e. The van der Waals surface area contributed by atoms with E-state index in [4.69, 9.17) is 4.74 Å². The van der Waals surface area contributed by atoms with Crippen LogP contribution >= 0.6 is 0 Å². The van der Waals surface area contributed by atoms with Crippen LogP contribution in [0.2, 0.25) is 0 Å². The molecule has 6 nitrogen and oxygen atoms in total. The Kier molecular flexibility index (Phi) is 8.30. The van der Waals surface area contributed by atoms with Crippen LogP contribution in [0, 0.1) is 0 Å². The van der Waals surface area contributed by atoms with Crippen molar-refractivity contribution in [3.8, 4) is 0 Å². The summed E-state index contributed by atoms with van der Waals surface area (Å²) in [6.07, 6.45) is 0.680. The molecule has 4 rings (SSSR count). The summed E-state index contributed by atoms with van der Waals surface area (Å²) in [4.78, 5) is 28.0. The normalized spacial score (nSPS) is 16.5. The number of alkyl carbamates (subject to hydrolysis) is 1. The van der Waals surface area contributed by atoms with E-state index in [1.54, 1.807) is 0 Å². The summed E-state index contributed by atoms with van der Waals surface area (Å²) in [5, 5.41) is 5.92. The monoisotopic (exact) mass is 457 g/mol. The number of hydrogen-bond acceptors (Lipinski definition) is 4. The number of ether oxygens (including phenoxy) is 1. The topological polar surface area (TPSA) is 70.7 Å². The number of carbonyl (C=O) groups excluding carboxylic acids is 2. The van der Waals surface area contributed by atoms with Gasteiger partial charge in [0.1, 0.15) is 12.6 Å². The fourth-order valence-electron chi connectivity index (χ4n) is 4.20. The number of amides is 2. The molecular formula is C28H31N3O3. The third-order valence-electron chi connectivity index (χ3n) is 5.97. The molecule has 3 aromatic rings. The maximum Gasteiger partial charge on any atom is 0.408 e. The summed E-state index contributed by atoms with van der Waals surface area (Å²) >= 11 is 0. The van der Waals surface area contributed by atoms with Crippen LogP contribution in [-0.2, 0) is 29.1 Å². The van der Waals surface area contributed by atoms with Crippen molar-refractivity contribution >= 4 is 12.0 Å². The van der Waals surface area contributed by atoms with E-state index >= 15 is 0 Å². The van der Waals surface area contributed by atoms with E-state index in [1.165, 1.54) is 5.56 Å². The lowest BCUT2D eigenvalue weighted by Gasteiger charge is -2.22. The third kappa shape index (κ3) is 7.18. The molecule has 0 saturated carbocycles. The second-order valence-corrected chi connectivity index (χ2v) is 8.66. The first-order valence-corrected chi connectivity index (χ1v) is 11.7. The van der Waals surface area contributed by atoms with Gasteiger partial charge in [-0.15, -0.1) is 0 Å². The van der Waals surface area contributed by atoms with Gasteiger partial charge in [0.15, 0.2) is 0 Å². The third-order valence-corrected chi connectivity index (χ3v) is 5.97. The lowest BCUT2D eigenvalue weighted by Crippen LogP contribution is -2.51. The van der Waals surface area contributed by atoms with Gasteiger partial charge in [-0.3, -0.25) is 9.69 Å². The van der Waals surface area contributed by atoms with E-state index in [9.17, 15) is 9.59 Å². The Labute approximate surface area is 200 Å². The number of benzene rings is 3. The molecule has 1 aliphatic heterocycles. The highest BCUT2D eigenvalue weighted by Crippen LogP contribution is 2.14. The van der Waals surface area contributed by atoms with E-state index in [1.807, 2.05) is 78.9 Å². The van der Waals surface area contributed by atoms with E-state index in [0.717, 1.165) is 37.2 Å². The number of likely N-dealkylation sites (tertiary alicyclic amines) is 1. The minimum absolute atomic E-state index is 0.0524. The maximum atomic E-state index is 13.2. The van der Waals surface area contributed by atoms with Crippen molar-refractivity contribution in [1.82, 2.24) is 15.5 Å². The van der Waals surface area contributed by atoms with Crippen LogP contribution < -0.4 is 10.6 Å². The first-order valence-electron chi connectivity index (χ1n) is 11.7. The Morgan fingerprint density at radius 2 is 1.44 bits per heavy atom. The zero-order valence-corrected chi connectivity index (χ0v) is 19.2. The van der Waals surface area contributed by atoms with Gasteiger partial charge in [0.25, 0.3) is 0 Å². The Balaban J connectivity index is 1.33. The van der Waals surface area contributed by atoms with Crippen molar-refractivity contribution in [2.24, 2.45) is 0 Å². The van der Waals surface area contributed by atoms with Crippen LogP contribution in [0.1, 0.15) is 23.1 Å². The van der Waals surface area contributed by atoms with Gasteiger partial charge in [0.2, 0.25) is 5.91 Å². The fraction of sp³-hybridized carbons (Fsp3) is 0.286. The van der Waals surface area contributed by atoms with Crippen molar-refractivity contribution in [3.63, 3.8) is 0 Å². The Morgan fingerprint density at radius 1 is 0.853 bits per heavy atom. The van der Waals surface area contributed by atoms with Gasteiger partial charge in [0.05, 0.1) is 0 Å². The summed E-state index contributed by atoms with van der Waals surface area (Å²) in [5.74, 6) is -0.188. The van der Waals surface area contributed by atoms with Gasteiger partial charge in [-0.2, -0.15) is 0 Å². The summed E-state index contributed by atoms with van der Waals surface area (Å²) in [5.41, 5.74) is 3.13.